The number of hydrogen-bond donors (Lipinski definition) is 0. The predicted molar refractivity (Wildman–Crippen MR) is 554 cm³/mol. The van der Waals surface area contributed by atoms with Gasteiger partial charge in [0.25, 0.3) is 13.4 Å². The molecule has 620 valence electrons. The monoisotopic (exact) mass is 1660 g/mol. The average molecular weight is 1660 g/mol. The van der Waals surface area contributed by atoms with E-state index in [4.69, 9.17) is 0 Å². The molecule has 129 heavy (non-hydrogen) atoms. The summed E-state index contributed by atoms with van der Waals surface area (Å²) in [5.74, 6) is 0. The number of aryl methyl sites for hydroxylation is 14. The van der Waals surface area contributed by atoms with Crippen molar-refractivity contribution in [1.29, 1.82) is 0 Å². The fraction of sp³-hybridized carbons (Fsp3) is 0.115. The molecule has 7 heteroatoms. The first-order chi connectivity index (χ1) is 62.8. The van der Waals surface area contributed by atoms with Crippen molar-refractivity contribution in [2.75, 3.05) is 24.5 Å². The summed E-state index contributed by atoms with van der Waals surface area (Å²) in [7, 11) is 0. The van der Waals surface area contributed by atoms with Crippen LogP contribution in [0, 0.1) is 96.9 Å². The number of benzene rings is 18. The first kappa shape index (κ1) is 80.0. The Labute approximate surface area is 761 Å². The fourth-order valence-electron chi connectivity index (χ4n) is 22.8. The first-order valence-corrected chi connectivity index (χ1v) is 45.6. The van der Waals surface area contributed by atoms with E-state index in [2.05, 4.69) is 479 Å². The van der Waals surface area contributed by atoms with Gasteiger partial charge in [0.1, 0.15) is 0 Å². The highest BCUT2D eigenvalue weighted by Gasteiger charge is 2.50. The van der Waals surface area contributed by atoms with E-state index < -0.39 is 0 Å². The molecule has 0 amide bonds. The second-order valence-corrected chi connectivity index (χ2v) is 36.6. The molecule has 18 aromatic rings. The number of rotatable bonds is 14. The smallest absolute Gasteiger partial charge is 0.252 e. The number of fused-ring (bicyclic) bond motifs is 8. The maximum atomic E-state index is 2.71. The zero-order valence-corrected chi connectivity index (χ0v) is 76.0. The van der Waals surface area contributed by atoms with Crippen LogP contribution in [0.2, 0.25) is 0 Å². The lowest BCUT2D eigenvalue weighted by Gasteiger charge is -2.48. The molecule has 4 heterocycles. The summed E-state index contributed by atoms with van der Waals surface area (Å²) >= 11 is 0. The molecule has 5 nitrogen and oxygen atoms in total. The van der Waals surface area contributed by atoms with Gasteiger partial charge in [0.05, 0.1) is 5.69 Å². The van der Waals surface area contributed by atoms with Gasteiger partial charge in [0, 0.05) is 79.6 Å². The lowest BCUT2D eigenvalue weighted by atomic mass is 9.30. The van der Waals surface area contributed by atoms with Crippen LogP contribution in [0.25, 0.3) is 77.9 Å². The quantitative estimate of drug-likeness (QED) is 0.101. The van der Waals surface area contributed by atoms with Gasteiger partial charge >= 0.3 is 0 Å². The molecule has 0 radical (unpaired) electrons. The molecule has 0 spiro atoms. The minimum Gasteiger partial charge on any atom is -0.311 e. The highest BCUT2D eigenvalue weighted by molar-refractivity contribution is 7.03. The van der Waals surface area contributed by atoms with Crippen LogP contribution in [-0.4, -0.2) is 13.4 Å². The SMILES string of the molecule is Cc1cccc(C)c1-c1ccc(N(c2ccc(-c3c(C)cccc3C)cc2)c2cc3c4c(c2)N(c2ccccc2)c2cc5c(cc2B4c2ccc(-c4c(C)cccc4C)cc2N3c2cccc(-c3c(C)cccc3C)c2)B2c3ccc(-c4c(C)cccc4C)cc3N(c3cccc(-c4c(C)cccc4C)c3)c3cc(-c4c(C)cccc4C)cc(c32)N5c2ccccc2)cc1. The van der Waals surface area contributed by atoms with Crippen molar-refractivity contribution in [3.05, 3.63) is 436 Å². The summed E-state index contributed by atoms with van der Waals surface area (Å²) in [6.45, 7) is 31.1. The Morgan fingerprint density at radius 1 is 0.163 bits per heavy atom. The Morgan fingerprint density at radius 2 is 0.403 bits per heavy atom. The van der Waals surface area contributed by atoms with Gasteiger partial charge in [-0.05, 0) is 401 Å². The van der Waals surface area contributed by atoms with Crippen molar-refractivity contribution in [3.8, 4) is 77.9 Å². The molecule has 0 saturated carbocycles. The van der Waals surface area contributed by atoms with E-state index in [9.17, 15) is 0 Å². The van der Waals surface area contributed by atoms with Gasteiger partial charge in [-0.2, -0.15) is 0 Å². The van der Waals surface area contributed by atoms with Crippen molar-refractivity contribution in [3.63, 3.8) is 0 Å². The van der Waals surface area contributed by atoms with E-state index in [0.29, 0.717) is 0 Å². The molecule has 0 N–H and O–H groups in total. The highest BCUT2D eigenvalue weighted by Crippen LogP contribution is 2.55. The first-order valence-electron chi connectivity index (χ1n) is 45.6. The lowest BCUT2D eigenvalue weighted by molar-refractivity contribution is 1.22. The average Bonchev–Trinajstić information content (AvgIpc) is 0.675. The molecule has 0 atom stereocenters. The van der Waals surface area contributed by atoms with E-state index in [1.807, 2.05) is 0 Å². The molecule has 0 bridgehead atoms. The zero-order chi connectivity index (χ0) is 88.1. The summed E-state index contributed by atoms with van der Waals surface area (Å²) < 4.78 is 0. The summed E-state index contributed by atoms with van der Waals surface area (Å²) in [4.78, 5) is 13.1. The highest BCUT2D eigenvalue weighted by atomic mass is 15.2. The maximum Gasteiger partial charge on any atom is 0.252 e. The Bertz CT molecular complexity index is 7400. The topological polar surface area (TPSA) is 16.2 Å². The second-order valence-electron chi connectivity index (χ2n) is 36.6. The third-order valence-electron chi connectivity index (χ3n) is 28.4. The van der Waals surface area contributed by atoms with Gasteiger partial charge in [0.2, 0.25) is 0 Å². The Hall–Kier alpha value is -14.9. The van der Waals surface area contributed by atoms with Crippen LogP contribution in [0.4, 0.5) is 85.3 Å². The summed E-state index contributed by atoms with van der Waals surface area (Å²) in [5.41, 5.74) is 58.3. The van der Waals surface area contributed by atoms with Crippen LogP contribution in [0.3, 0.4) is 0 Å². The molecule has 0 unspecified atom stereocenters. The summed E-state index contributed by atoms with van der Waals surface area (Å²) in [6, 6.07) is 138. The standard InChI is InChI=1S/C122H101B2N5/c1-74-30-21-31-75(2)114(74)88-52-58-97(59-53-88)125(98-60-54-89(55-61-98)115-76(3)32-22-33-77(115)4)101-70-112-122-113(71-101)129(100-51-29-45-91(65-100)117-80(7)36-24-37-81(117)8)107-67-93(119-84(11)40-26-41-85(119)12)57-63-103(107)124(122)105-72-104-108(73-109(105)127(112)96-48-19-16-20-49-96)126(95-46-17-15-18-47-95)110-68-94(120-86(13)42-27-43-87(120)14)69-111-121(110)123(104)102-62-56-92(118-82(9)38-25-39-83(118)10)66-106(102)128(111)99-50-28-44-90(64-99)116-78(5)34-23-35-79(116)6/h15-73H,1-14H3. The third-order valence-corrected chi connectivity index (χ3v) is 28.4. The largest absolute Gasteiger partial charge is 0.311 e. The van der Waals surface area contributed by atoms with Crippen molar-refractivity contribution in [2.45, 2.75) is 96.9 Å². The maximum absolute atomic E-state index is 2.71. The predicted octanol–water partition coefficient (Wildman–Crippen LogP) is 29.3. The molecule has 0 aliphatic carbocycles. The van der Waals surface area contributed by atoms with Crippen molar-refractivity contribution >= 4 is 132 Å². The molecule has 18 aromatic carbocycles. The zero-order valence-electron chi connectivity index (χ0n) is 76.0. The van der Waals surface area contributed by atoms with E-state index >= 15 is 0 Å². The van der Waals surface area contributed by atoms with Gasteiger partial charge in [0.15, 0.2) is 0 Å². The normalized spacial score (nSPS) is 12.6. The van der Waals surface area contributed by atoms with Crippen molar-refractivity contribution in [2.24, 2.45) is 0 Å². The Kier molecular flexibility index (Phi) is 19.6. The van der Waals surface area contributed by atoms with Crippen molar-refractivity contribution in [1.82, 2.24) is 0 Å². The van der Waals surface area contributed by atoms with E-state index in [1.165, 1.54) is 189 Å². The Balaban J connectivity index is 0.873. The number of anilines is 15. The van der Waals surface area contributed by atoms with Gasteiger partial charge in [-0.1, -0.05) is 243 Å². The van der Waals surface area contributed by atoms with Crippen LogP contribution < -0.4 is 57.3 Å². The van der Waals surface area contributed by atoms with E-state index in [-0.39, 0.29) is 13.4 Å². The molecule has 22 rings (SSSR count). The number of nitrogens with zero attached hydrogens (tertiary/aromatic N) is 5. The number of para-hydroxylation sites is 2. The number of hydrogen-bond acceptors (Lipinski definition) is 5. The summed E-state index contributed by atoms with van der Waals surface area (Å²) in [5, 5.41) is 0. The van der Waals surface area contributed by atoms with Gasteiger partial charge in [-0.3, -0.25) is 0 Å². The molecular formula is C122H101B2N5. The molecular weight excluding hydrogens is 1560 g/mol. The van der Waals surface area contributed by atoms with Gasteiger partial charge in [-0.25, -0.2) is 0 Å². The molecule has 0 fully saturated rings. The van der Waals surface area contributed by atoms with Crippen LogP contribution in [-0.2, 0) is 0 Å². The van der Waals surface area contributed by atoms with Crippen LogP contribution in [0.15, 0.2) is 358 Å². The second kappa shape index (κ2) is 31.6. The fourth-order valence-corrected chi connectivity index (χ4v) is 22.8. The van der Waals surface area contributed by atoms with Gasteiger partial charge < -0.3 is 24.5 Å². The summed E-state index contributed by atoms with van der Waals surface area (Å²) in [6.07, 6.45) is 0. The minimum atomic E-state index is -0.317. The minimum absolute atomic E-state index is 0.273. The Morgan fingerprint density at radius 3 is 0.721 bits per heavy atom. The van der Waals surface area contributed by atoms with Crippen LogP contribution >= 0.6 is 0 Å². The third kappa shape index (κ3) is 13.2. The molecule has 0 saturated heterocycles. The van der Waals surface area contributed by atoms with Gasteiger partial charge in [-0.15, -0.1) is 0 Å². The molecule has 0 aromatic heterocycles. The molecule has 4 aliphatic rings. The lowest BCUT2D eigenvalue weighted by Crippen LogP contribution is -2.65. The van der Waals surface area contributed by atoms with E-state index in [0.717, 1.165) is 85.3 Å². The van der Waals surface area contributed by atoms with Crippen LogP contribution in [0.5, 0.6) is 0 Å². The van der Waals surface area contributed by atoms with E-state index in [1.54, 1.807) is 0 Å². The molecule has 4 aliphatic heterocycles. The van der Waals surface area contributed by atoms with Crippen LogP contribution in [0.1, 0.15) is 77.9 Å². The van der Waals surface area contributed by atoms with Crippen molar-refractivity contribution < 1.29 is 0 Å².